The molecule has 0 saturated carbocycles. The minimum Gasteiger partial charge on any atom is -0.489 e. The van der Waals surface area contributed by atoms with E-state index in [4.69, 9.17) is 28.4 Å². The van der Waals surface area contributed by atoms with Crippen molar-refractivity contribution in [3.05, 3.63) is 23.8 Å². The standard InChI is InChI=1S/C20H29NO8/c1-24-20(23)15-21-4-5-25-6-7-26-8-9-27-10-11-28-12-13-29-19-14-17(16-22)2-3-18(19)21/h2-3,14,16H,4-13,15H2,1H3. The Hall–Kier alpha value is -2.20. The topological polar surface area (TPSA) is 92.8 Å². The molecule has 0 saturated heterocycles. The number of fused-ring (bicyclic) bond motifs is 1. The Morgan fingerprint density at radius 2 is 1.55 bits per heavy atom. The van der Waals surface area contributed by atoms with Gasteiger partial charge in [-0.2, -0.15) is 0 Å². The lowest BCUT2D eigenvalue weighted by Gasteiger charge is -2.26. The Bertz CT molecular complexity index is 624. The van der Waals surface area contributed by atoms with Gasteiger partial charge in [0.1, 0.15) is 25.2 Å². The van der Waals surface area contributed by atoms with Crippen LogP contribution in [0.2, 0.25) is 0 Å². The van der Waals surface area contributed by atoms with E-state index in [1.165, 1.54) is 7.11 Å². The molecule has 0 aromatic heterocycles. The van der Waals surface area contributed by atoms with Crippen LogP contribution in [0.4, 0.5) is 5.69 Å². The molecule has 1 aliphatic heterocycles. The SMILES string of the molecule is COC(=O)CN1CCOCCOCCOCCOCCOc2cc(C=O)ccc21. The largest absolute Gasteiger partial charge is 0.489 e. The second-order valence-electron chi connectivity index (χ2n) is 6.14. The van der Waals surface area contributed by atoms with E-state index in [-0.39, 0.29) is 12.5 Å². The fourth-order valence-corrected chi connectivity index (χ4v) is 2.63. The van der Waals surface area contributed by atoms with Crippen LogP contribution in [-0.2, 0) is 28.5 Å². The summed E-state index contributed by atoms with van der Waals surface area (Å²) in [5.74, 6) is 0.104. The number of anilines is 1. The van der Waals surface area contributed by atoms with Crippen molar-refractivity contribution in [2.45, 2.75) is 0 Å². The van der Waals surface area contributed by atoms with Crippen molar-refractivity contribution >= 4 is 17.9 Å². The molecule has 0 unspecified atom stereocenters. The first kappa shape index (κ1) is 23.1. The van der Waals surface area contributed by atoms with Crippen molar-refractivity contribution in [1.29, 1.82) is 0 Å². The highest BCUT2D eigenvalue weighted by atomic mass is 16.6. The molecule has 1 aliphatic rings. The second-order valence-corrected chi connectivity index (χ2v) is 6.14. The van der Waals surface area contributed by atoms with Gasteiger partial charge in [-0.15, -0.1) is 0 Å². The van der Waals surface area contributed by atoms with Crippen molar-refractivity contribution in [2.75, 3.05) is 84.6 Å². The van der Waals surface area contributed by atoms with Crippen molar-refractivity contribution in [1.82, 2.24) is 0 Å². The number of esters is 1. The third-order valence-electron chi connectivity index (χ3n) is 4.12. The van der Waals surface area contributed by atoms with Crippen LogP contribution in [0.15, 0.2) is 18.2 Å². The van der Waals surface area contributed by atoms with Crippen molar-refractivity contribution in [2.24, 2.45) is 0 Å². The van der Waals surface area contributed by atoms with Gasteiger partial charge in [-0.25, -0.2) is 0 Å². The summed E-state index contributed by atoms with van der Waals surface area (Å²) >= 11 is 0. The first-order chi connectivity index (χ1) is 14.2. The van der Waals surface area contributed by atoms with Crippen LogP contribution < -0.4 is 9.64 Å². The van der Waals surface area contributed by atoms with Gasteiger partial charge in [-0.3, -0.25) is 9.59 Å². The number of methoxy groups -OCH3 is 1. The highest BCUT2D eigenvalue weighted by Gasteiger charge is 2.17. The van der Waals surface area contributed by atoms with Gasteiger partial charge in [-0.1, -0.05) is 0 Å². The quantitative estimate of drug-likeness (QED) is 0.532. The molecule has 162 valence electrons. The smallest absolute Gasteiger partial charge is 0.325 e. The molecule has 0 N–H and O–H groups in total. The predicted molar refractivity (Wildman–Crippen MR) is 105 cm³/mol. The Morgan fingerprint density at radius 1 is 0.966 bits per heavy atom. The van der Waals surface area contributed by atoms with E-state index in [9.17, 15) is 9.59 Å². The average Bonchev–Trinajstić information content (AvgIpc) is 2.74. The molecule has 9 heteroatoms. The fraction of sp³-hybridized carbons (Fsp3) is 0.600. The lowest BCUT2D eigenvalue weighted by atomic mass is 10.2. The number of rotatable bonds is 3. The van der Waals surface area contributed by atoms with Gasteiger partial charge < -0.3 is 33.3 Å². The van der Waals surface area contributed by atoms with Gasteiger partial charge in [0, 0.05) is 12.1 Å². The molecular formula is C20H29NO8. The van der Waals surface area contributed by atoms with E-state index in [2.05, 4.69) is 0 Å². The summed E-state index contributed by atoms with van der Waals surface area (Å²) < 4.78 is 32.6. The molecule has 0 bridgehead atoms. The maximum absolute atomic E-state index is 11.9. The van der Waals surface area contributed by atoms with Gasteiger partial charge in [0.25, 0.3) is 0 Å². The Balaban J connectivity index is 2.13. The van der Waals surface area contributed by atoms with Crippen molar-refractivity contribution < 1.29 is 38.0 Å². The lowest BCUT2D eigenvalue weighted by Crippen LogP contribution is -2.34. The summed E-state index contributed by atoms with van der Waals surface area (Å²) in [6.07, 6.45) is 0.747. The Morgan fingerprint density at radius 3 is 2.14 bits per heavy atom. The predicted octanol–water partition coefficient (Wildman–Crippen LogP) is 0.937. The van der Waals surface area contributed by atoms with Crippen molar-refractivity contribution in [3.63, 3.8) is 0 Å². The minimum absolute atomic E-state index is 0.0288. The van der Waals surface area contributed by atoms with Crippen LogP contribution in [0.3, 0.4) is 0 Å². The Labute approximate surface area is 170 Å². The number of carbonyl (C=O) groups is 2. The summed E-state index contributed by atoms with van der Waals surface area (Å²) in [5.41, 5.74) is 1.15. The van der Waals surface area contributed by atoms with E-state index in [1.807, 2.05) is 0 Å². The number of hydrogen-bond donors (Lipinski definition) is 0. The summed E-state index contributed by atoms with van der Waals surface area (Å²) in [6.45, 7) is 4.30. The minimum atomic E-state index is -0.385. The number of carbonyl (C=O) groups excluding carboxylic acids is 2. The summed E-state index contributed by atoms with van der Waals surface area (Å²) in [4.78, 5) is 24.9. The average molecular weight is 411 g/mol. The van der Waals surface area contributed by atoms with E-state index >= 15 is 0 Å². The summed E-state index contributed by atoms with van der Waals surface area (Å²) in [6, 6.07) is 5.06. The van der Waals surface area contributed by atoms with Gasteiger partial charge >= 0.3 is 5.97 Å². The highest BCUT2D eigenvalue weighted by molar-refractivity contribution is 5.80. The van der Waals surface area contributed by atoms with Gasteiger partial charge in [0.05, 0.1) is 65.7 Å². The molecule has 0 radical (unpaired) electrons. The summed E-state index contributed by atoms with van der Waals surface area (Å²) in [7, 11) is 1.34. The van der Waals surface area contributed by atoms with Crippen LogP contribution in [0.25, 0.3) is 0 Å². The zero-order valence-corrected chi connectivity index (χ0v) is 16.8. The molecule has 0 atom stereocenters. The monoisotopic (exact) mass is 411 g/mol. The molecule has 1 heterocycles. The maximum atomic E-state index is 11.9. The third-order valence-corrected chi connectivity index (χ3v) is 4.12. The van der Waals surface area contributed by atoms with Crippen LogP contribution >= 0.6 is 0 Å². The fourth-order valence-electron chi connectivity index (χ4n) is 2.63. The Kier molecular flexibility index (Phi) is 11.1. The van der Waals surface area contributed by atoms with Crippen LogP contribution in [0.1, 0.15) is 10.4 Å². The van der Waals surface area contributed by atoms with Gasteiger partial charge in [0.2, 0.25) is 0 Å². The number of hydrogen-bond acceptors (Lipinski definition) is 9. The molecule has 0 spiro atoms. The third kappa shape index (κ3) is 8.78. The molecular weight excluding hydrogens is 382 g/mol. The zero-order chi connectivity index (χ0) is 20.7. The zero-order valence-electron chi connectivity index (χ0n) is 16.8. The van der Waals surface area contributed by atoms with Gasteiger partial charge in [-0.05, 0) is 18.2 Å². The first-order valence-corrected chi connectivity index (χ1v) is 9.59. The van der Waals surface area contributed by atoms with Crippen LogP contribution in [0.5, 0.6) is 5.75 Å². The molecule has 29 heavy (non-hydrogen) atoms. The molecule has 0 aliphatic carbocycles. The molecule has 0 fully saturated rings. The first-order valence-electron chi connectivity index (χ1n) is 9.59. The highest BCUT2D eigenvalue weighted by Crippen LogP contribution is 2.29. The molecule has 0 amide bonds. The number of ether oxygens (including phenoxy) is 6. The second kappa shape index (κ2) is 13.9. The van der Waals surface area contributed by atoms with Crippen molar-refractivity contribution in [3.8, 4) is 5.75 Å². The van der Waals surface area contributed by atoms with Crippen LogP contribution in [-0.4, -0.2) is 91.9 Å². The normalized spacial score (nSPS) is 17.9. The van der Waals surface area contributed by atoms with E-state index in [1.54, 1.807) is 23.1 Å². The lowest BCUT2D eigenvalue weighted by molar-refractivity contribution is -0.139. The molecule has 1 aromatic rings. The maximum Gasteiger partial charge on any atom is 0.325 e. The molecule has 2 rings (SSSR count). The summed E-state index contributed by atoms with van der Waals surface area (Å²) in [5, 5.41) is 0. The molecule has 9 nitrogen and oxygen atoms in total. The molecule has 1 aromatic carbocycles. The number of benzene rings is 1. The van der Waals surface area contributed by atoms with Crippen LogP contribution in [0, 0.1) is 0 Å². The van der Waals surface area contributed by atoms with E-state index < -0.39 is 0 Å². The van der Waals surface area contributed by atoms with Gasteiger partial charge in [0.15, 0.2) is 0 Å². The van der Waals surface area contributed by atoms with E-state index in [0.29, 0.717) is 83.0 Å². The number of aldehydes is 1. The van der Waals surface area contributed by atoms with E-state index in [0.717, 1.165) is 6.29 Å². The number of nitrogens with zero attached hydrogens (tertiary/aromatic N) is 1.